The van der Waals surface area contributed by atoms with Gasteiger partial charge in [-0.15, -0.1) is 0 Å². The van der Waals surface area contributed by atoms with E-state index in [2.05, 4.69) is 15.0 Å². The summed E-state index contributed by atoms with van der Waals surface area (Å²) in [7, 11) is 1.29. The van der Waals surface area contributed by atoms with Crippen LogP contribution in [0.4, 0.5) is 4.79 Å². The third-order valence-corrected chi connectivity index (χ3v) is 3.41. The molecule has 0 bridgehead atoms. The van der Waals surface area contributed by atoms with E-state index in [4.69, 9.17) is 0 Å². The summed E-state index contributed by atoms with van der Waals surface area (Å²) in [6, 6.07) is 3.30. The van der Waals surface area contributed by atoms with Gasteiger partial charge in [0.25, 0.3) is 5.91 Å². The third kappa shape index (κ3) is 4.16. The molecule has 21 heavy (non-hydrogen) atoms. The highest BCUT2D eigenvalue weighted by molar-refractivity contribution is 5.94. The maximum Gasteiger partial charge on any atom is 0.407 e. The minimum Gasteiger partial charge on any atom is -0.453 e. The maximum atomic E-state index is 12.4. The molecule has 114 valence electrons. The first-order chi connectivity index (χ1) is 10.1. The Bertz CT molecular complexity index is 513. The molecule has 1 aromatic rings. The van der Waals surface area contributed by atoms with Crippen molar-refractivity contribution in [1.29, 1.82) is 0 Å². The zero-order chi connectivity index (χ0) is 15.2. The lowest BCUT2D eigenvalue weighted by Crippen LogP contribution is -2.40. The number of carbonyl (C=O) groups is 2. The number of aliphatic hydroxyl groups excluding tert-OH is 1. The summed E-state index contributed by atoms with van der Waals surface area (Å²) in [5.74, 6) is -0.0800. The number of hydrogen-bond donors (Lipinski definition) is 2. The molecule has 0 aromatic carbocycles. The SMILES string of the molecule is COC(=O)NCc1cc(C(=O)N2CCC(O)CC2)ccn1. The second-order valence-electron chi connectivity index (χ2n) is 4.90. The molecule has 2 amide bonds. The number of alkyl carbamates (subject to hydrolysis) is 1. The van der Waals surface area contributed by atoms with Crippen molar-refractivity contribution in [3.05, 3.63) is 29.6 Å². The quantitative estimate of drug-likeness (QED) is 0.848. The Balaban J connectivity index is 1.99. The molecule has 0 unspecified atom stereocenters. The first-order valence-corrected chi connectivity index (χ1v) is 6.84. The van der Waals surface area contributed by atoms with Crippen LogP contribution in [0, 0.1) is 0 Å². The average molecular weight is 293 g/mol. The van der Waals surface area contributed by atoms with Gasteiger partial charge in [0.15, 0.2) is 0 Å². The Kier molecular flexibility index (Phi) is 5.10. The highest BCUT2D eigenvalue weighted by atomic mass is 16.5. The summed E-state index contributed by atoms with van der Waals surface area (Å²) < 4.78 is 4.48. The number of amides is 2. The Labute approximate surface area is 122 Å². The van der Waals surface area contributed by atoms with E-state index >= 15 is 0 Å². The number of pyridine rings is 1. The van der Waals surface area contributed by atoms with Crippen molar-refractivity contribution in [2.45, 2.75) is 25.5 Å². The molecule has 7 heteroatoms. The number of aliphatic hydroxyl groups is 1. The fourth-order valence-electron chi connectivity index (χ4n) is 2.19. The second kappa shape index (κ2) is 7.03. The number of nitrogens with one attached hydrogen (secondary N) is 1. The molecular formula is C14H19N3O4. The highest BCUT2D eigenvalue weighted by Gasteiger charge is 2.22. The summed E-state index contributed by atoms with van der Waals surface area (Å²) in [5, 5.41) is 12.0. The molecule has 0 radical (unpaired) electrons. The number of piperidine rings is 1. The topological polar surface area (TPSA) is 91.8 Å². The Morgan fingerprint density at radius 1 is 1.48 bits per heavy atom. The van der Waals surface area contributed by atoms with Crippen LogP contribution in [0.15, 0.2) is 18.3 Å². The van der Waals surface area contributed by atoms with Gasteiger partial charge in [-0.3, -0.25) is 9.78 Å². The van der Waals surface area contributed by atoms with Crippen LogP contribution in [0.3, 0.4) is 0 Å². The van der Waals surface area contributed by atoms with Gasteiger partial charge in [0.1, 0.15) is 0 Å². The fraction of sp³-hybridized carbons (Fsp3) is 0.500. The summed E-state index contributed by atoms with van der Waals surface area (Å²) in [4.78, 5) is 29.2. The van der Waals surface area contributed by atoms with Gasteiger partial charge in [-0.2, -0.15) is 0 Å². The zero-order valence-electron chi connectivity index (χ0n) is 11.9. The molecule has 1 aliphatic rings. The van der Waals surface area contributed by atoms with E-state index in [1.165, 1.54) is 7.11 Å². The smallest absolute Gasteiger partial charge is 0.407 e. The van der Waals surface area contributed by atoms with Crippen LogP contribution >= 0.6 is 0 Å². The number of likely N-dealkylation sites (tertiary alicyclic amines) is 1. The molecule has 0 atom stereocenters. The van der Waals surface area contributed by atoms with E-state index in [0.29, 0.717) is 37.2 Å². The van der Waals surface area contributed by atoms with Gasteiger partial charge >= 0.3 is 6.09 Å². The molecule has 2 N–H and O–H groups in total. The minimum absolute atomic E-state index is 0.0800. The summed E-state index contributed by atoms with van der Waals surface area (Å²) >= 11 is 0. The molecule has 2 heterocycles. The molecule has 1 saturated heterocycles. The predicted octanol–water partition coefficient (Wildman–Crippen LogP) is 0.534. The number of carbonyl (C=O) groups excluding carboxylic acids is 2. The van der Waals surface area contributed by atoms with E-state index in [1.807, 2.05) is 0 Å². The third-order valence-electron chi connectivity index (χ3n) is 3.41. The van der Waals surface area contributed by atoms with Gasteiger partial charge in [-0.05, 0) is 25.0 Å². The van der Waals surface area contributed by atoms with Crippen LogP contribution in [-0.2, 0) is 11.3 Å². The lowest BCUT2D eigenvalue weighted by Gasteiger charge is -2.29. The van der Waals surface area contributed by atoms with Gasteiger partial charge in [0.05, 0.1) is 25.5 Å². The normalized spacial score (nSPS) is 15.6. The van der Waals surface area contributed by atoms with Crippen molar-refractivity contribution in [3.8, 4) is 0 Å². The predicted molar refractivity (Wildman–Crippen MR) is 74.6 cm³/mol. The Morgan fingerprint density at radius 3 is 2.86 bits per heavy atom. The van der Waals surface area contributed by atoms with Gasteiger partial charge < -0.3 is 20.1 Å². The maximum absolute atomic E-state index is 12.4. The van der Waals surface area contributed by atoms with Crippen LogP contribution in [0.1, 0.15) is 28.9 Å². The number of aromatic nitrogens is 1. The lowest BCUT2D eigenvalue weighted by atomic mass is 10.1. The molecule has 1 fully saturated rings. The van der Waals surface area contributed by atoms with Crippen molar-refractivity contribution < 1.29 is 19.4 Å². The van der Waals surface area contributed by atoms with Crippen molar-refractivity contribution in [3.63, 3.8) is 0 Å². The number of rotatable bonds is 3. The lowest BCUT2D eigenvalue weighted by molar-refractivity contribution is 0.0546. The Morgan fingerprint density at radius 2 is 2.19 bits per heavy atom. The fourth-order valence-corrected chi connectivity index (χ4v) is 2.19. The number of methoxy groups -OCH3 is 1. The number of ether oxygens (including phenoxy) is 1. The van der Waals surface area contributed by atoms with Crippen LogP contribution in [-0.4, -0.2) is 53.3 Å². The first kappa shape index (κ1) is 15.2. The molecule has 7 nitrogen and oxygen atoms in total. The van der Waals surface area contributed by atoms with E-state index in [0.717, 1.165) is 0 Å². The number of nitrogens with zero attached hydrogens (tertiary/aromatic N) is 2. The molecule has 0 aliphatic carbocycles. The minimum atomic E-state index is -0.543. The van der Waals surface area contributed by atoms with E-state index in [-0.39, 0.29) is 18.6 Å². The molecule has 1 aromatic heterocycles. The van der Waals surface area contributed by atoms with E-state index in [1.54, 1.807) is 23.2 Å². The van der Waals surface area contributed by atoms with Crippen LogP contribution < -0.4 is 5.32 Å². The molecule has 0 spiro atoms. The van der Waals surface area contributed by atoms with Crippen molar-refractivity contribution in [2.24, 2.45) is 0 Å². The molecule has 2 rings (SSSR count). The zero-order valence-corrected chi connectivity index (χ0v) is 11.9. The average Bonchev–Trinajstić information content (AvgIpc) is 2.53. The van der Waals surface area contributed by atoms with Crippen molar-refractivity contribution >= 4 is 12.0 Å². The van der Waals surface area contributed by atoms with Crippen LogP contribution in [0.5, 0.6) is 0 Å². The molecular weight excluding hydrogens is 274 g/mol. The first-order valence-electron chi connectivity index (χ1n) is 6.84. The molecule has 1 aliphatic heterocycles. The second-order valence-corrected chi connectivity index (χ2v) is 4.90. The Hall–Kier alpha value is -2.15. The summed E-state index contributed by atoms with van der Waals surface area (Å²) in [5.41, 5.74) is 1.12. The van der Waals surface area contributed by atoms with Gasteiger partial charge in [-0.25, -0.2) is 4.79 Å². The number of hydrogen-bond acceptors (Lipinski definition) is 5. The standard InChI is InChI=1S/C14H19N3O4/c1-21-14(20)16-9-11-8-10(2-5-15-11)13(19)17-6-3-12(18)4-7-17/h2,5,8,12,18H,3-4,6-7,9H2,1H3,(H,16,20). The molecule has 0 saturated carbocycles. The van der Waals surface area contributed by atoms with E-state index in [9.17, 15) is 14.7 Å². The largest absolute Gasteiger partial charge is 0.453 e. The van der Waals surface area contributed by atoms with Crippen molar-refractivity contribution in [1.82, 2.24) is 15.2 Å². The van der Waals surface area contributed by atoms with Crippen molar-refractivity contribution in [2.75, 3.05) is 20.2 Å². The van der Waals surface area contributed by atoms with Crippen LogP contribution in [0.2, 0.25) is 0 Å². The van der Waals surface area contributed by atoms with Gasteiger partial charge in [0, 0.05) is 24.8 Å². The van der Waals surface area contributed by atoms with Crippen LogP contribution in [0.25, 0.3) is 0 Å². The highest BCUT2D eigenvalue weighted by Crippen LogP contribution is 2.14. The van der Waals surface area contributed by atoms with Gasteiger partial charge in [-0.1, -0.05) is 0 Å². The van der Waals surface area contributed by atoms with Gasteiger partial charge in [0.2, 0.25) is 0 Å². The van der Waals surface area contributed by atoms with E-state index < -0.39 is 6.09 Å². The summed E-state index contributed by atoms with van der Waals surface area (Å²) in [6.07, 6.45) is 1.89. The monoisotopic (exact) mass is 293 g/mol. The summed E-state index contributed by atoms with van der Waals surface area (Å²) in [6.45, 7) is 1.31.